The predicted octanol–water partition coefficient (Wildman–Crippen LogP) is 2.09. The number of hydrogen-bond acceptors (Lipinski definition) is 4. The monoisotopic (exact) mass is 279 g/mol. The van der Waals surface area contributed by atoms with E-state index in [0.717, 1.165) is 16.9 Å². The van der Waals surface area contributed by atoms with E-state index in [0.29, 0.717) is 25.0 Å². The molecular weight excluding hydrogens is 262 g/mol. The summed E-state index contributed by atoms with van der Waals surface area (Å²) in [7, 11) is -2.91. The Morgan fingerprint density at radius 1 is 1.26 bits per heavy atom. The fourth-order valence-corrected chi connectivity index (χ4v) is 4.41. The maximum absolute atomic E-state index is 11.5. The number of fused-ring (bicyclic) bond motifs is 1. The Morgan fingerprint density at radius 2 is 1.95 bits per heavy atom. The van der Waals surface area contributed by atoms with E-state index in [1.807, 2.05) is 25.1 Å². The van der Waals surface area contributed by atoms with Crippen molar-refractivity contribution < 1.29 is 13.2 Å². The Bertz CT molecular complexity index is 635. The molecule has 1 aromatic rings. The first-order valence-electron chi connectivity index (χ1n) is 6.47. The third-order valence-electron chi connectivity index (χ3n) is 4.02. The van der Waals surface area contributed by atoms with E-state index in [4.69, 9.17) is 10.1 Å². The van der Waals surface area contributed by atoms with Gasteiger partial charge in [-0.3, -0.25) is 0 Å². The van der Waals surface area contributed by atoms with Gasteiger partial charge in [-0.2, -0.15) is 0 Å². The Balaban J connectivity index is 1.93. The fourth-order valence-electron chi connectivity index (χ4n) is 2.84. The lowest BCUT2D eigenvalue weighted by atomic mass is 9.85. The van der Waals surface area contributed by atoms with Crippen molar-refractivity contribution in [3.05, 3.63) is 29.3 Å². The third kappa shape index (κ3) is 2.27. The van der Waals surface area contributed by atoms with Crippen molar-refractivity contribution in [2.45, 2.75) is 31.8 Å². The first-order chi connectivity index (χ1) is 8.89. The molecule has 4 nitrogen and oxygen atoms in total. The second-order valence-corrected chi connectivity index (χ2v) is 7.90. The quantitative estimate of drug-likeness (QED) is 0.790. The number of aryl methyl sites for hydroxylation is 1. The SMILES string of the molecule is Cc1ccc2c(c1)C(=N)CC1(CCS(=O)(=O)CC1)O2. The average Bonchev–Trinajstić information content (AvgIpc) is 2.35. The summed E-state index contributed by atoms with van der Waals surface area (Å²) in [5, 5.41) is 8.20. The summed E-state index contributed by atoms with van der Waals surface area (Å²) in [4.78, 5) is 0. The van der Waals surface area contributed by atoms with Gasteiger partial charge in [-0.15, -0.1) is 0 Å². The Kier molecular flexibility index (Phi) is 2.71. The molecule has 3 rings (SSSR count). The van der Waals surface area contributed by atoms with Crippen molar-refractivity contribution in [3.8, 4) is 5.75 Å². The van der Waals surface area contributed by atoms with Gasteiger partial charge in [0.1, 0.15) is 11.4 Å². The van der Waals surface area contributed by atoms with Crippen molar-refractivity contribution in [1.82, 2.24) is 0 Å². The minimum atomic E-state index is -2.91. The van der Waals surface area contributed by atoms with E-state index in [2.05, 4.69) is 0 Å². The molecule has 2 aliphatic heterocycles. The Morgan fingerprint density at radius 3 is 2.63 bits per heavy atom. The molecule has 0 unspecified atom stereocenters. The van der Waals surface area contributed by atoms with Crippen LogP contribution in [0.1, 0.15) is 30.4 Å². The van der Waals surface area contributed by atoms with Crippen molar-refractivity contribution >= 4 is 15.5 Å². The summed E-state index contributed by atoms with van der Waals surface area (Å²) >= 11 is 0. The lowest BCUT2D eigenvalue weighted by Gasteiger charge is -2.41. The topological polar surface area (TPSA) is 67.2 Å². The molecule has 1 aromatic carbocycles. The predicted molar refractivity (Wildman–Crippen MR) is 73.9 cm³/mol. The van der Waals surface area contributed by atoms with E-state index in [1.165, 1.54) is 0 Å². The van der Waals surface area contributed by atoms with Crippen LogP contribution in [0.3, 0.4) is 0 Å². The van der Waals surface area contributed by atoms with Crippen LogP contribution < -0.4 is 4.74 Å². The van der Waals surface area contributed by atoms with Crippen molar-refractivity contribution in [2.24, 2.45) is 0 Å². The van der Waals surface area contributed by atoms with Crippen molar-refractivity contribution in [3.63, 3.8) is 0 Å². The molecule has 0 aromatic heterocycles. The Labute approximate surface area is 113 Å². The minimum Gasteiger partial charge on any atom is -0.486 e. The first kappa shape index (κ1) is 12.7. The Hall–Kier alpha value is -1.36. The largest absolute Gasteiger partial charge is 0.486 e. The standard InChI is InChI=1S/C14H17NO3S/c1-10-2-3-13-11(8-10)12(15)9-14(18-13)4-6-19(16,17)7-5-14/h2-3,8,15H,4-7,9H2,1H3. The van der Waals surface area contributed by atoms with Gasteiger partial charge in [0.2, 0.25) is 0 Å². The molecule has 1 spiro atoms. The number of sulfone groups is 1. The second kappa shape index (κ2) is 4.07. The average molecular weight is 279 g/mol. The summed E-state index contributed by atoms with van der Waals surface area (Å²) in [6.07, 6.45) is 1.50. The number of benzene rings is 1. The van der Waals surface area contributed by atoms with Gasteiger partial charge in [0.05, 0.1) is 11.5 Å². The van der Waals surface area contributed by atoms with Crippen LogP contribution in [0.5, 0.6) is 5.75 Å². The molecule has 1 fully saturated rings. The summed E-state index contributed by atoms with van der Waals surface area (Å²) < 4.78 is 29.2. The third-order valence-corrected chi connectivity index (χ3v) is 5.68. The van der Waals surface area contributed by atoms with Gasteiger partial charge in [0.25, 0.3) is 0 Å². The first-order valence-corrected chi connectivity index (χ1v) is 8.29. The molecule has 5 heteroatoms. The maximum atomic E-state index is 11.5. The molecule has 2 heterocycles. The van der Waals surface area contributed by atoms with Gasteiger partial charge in [-0.25, -0.2) is 8.42 Å². The van der Waals surface area contributed by atoms with Crippen LogP contribution in [0.4, 0.5) is 0 Å². The molecule has 0 aliphatic carbocycles. The van der Waals surface area contributed by atoms with Crippen LogP contribution in [0.25, 0.3) is 0 Å². The summed E-state index contributed by atoms with van der Waals surface area (Å²) in [5.41, 5.74) is 2.03. The molecule has 2 aliphatic rings. The molecule has 19 heavy (non-hydrogen) atoms. The number of rotatable bonds is 0. The highest BCUT2D eigenvalue weighted by atomic mass is 32.2. The fraction of sp³-hybridized carbons (Fsp3) is 0.500. The van der Waals surface area contributed by atoms with Crippen molar-refractivity contribution in [2.75, 3.05) is 11.5 Å². The van der Waals surface area contributed by atoms with E-state index in [-0.39, 0.29) is 11.5 Å². The molecule has 102 valence electrons. The van der Waals surface area contributed by atoms with E-state index in [9.17, 15) is 8.42 Å². The zero-order valence-corrected chi connectivity index (χ0v) is 11.7. The molecule has 0 amide bonds. The van der Waals surface area contributed by atoms with E-state index in [1.54, 1.807) is 0 Å². The zero-order chi connectivity index (χ0) is 13.7. The number of nitrogens with one attached hydrogen (secondary N) is 1. The van der Waals surface area contributed by atoms with Gasteiger partial charge in [0, 0.05) is 30.5 Å². The molecule has 0 radical (unpaired) electrons. The molecule has 1 saturated heterocycles. The lowest BCUT2D eigenvalue weighted by molar-refractivity contribution is 0.0597. The van der Waals surface area contributed by atoms with Crippen LogP contribution >= 0.6 is 0 Å². The highest BCUT2D eigenvalue weighted by molar-refractivity contribution is 7.91. The van der Waals surface area contributed by atoms with Crippen LogP contribution in [0.2, 0.25) is 0 Å². The van der Waals surface area contributed by atoms with Gasteiger partial charge in [0.15, 0.2) is 9.84 Å². The highest BCUT2D eigenvalue weighted by Gasteiger charge is 2.43. The summed E-state index contributed by atoms with van der Waals surface area (Å²) in [5.74, 6) is 1.06. The number of hydrogen-bond donors (Lipinski definition) is 1. The van der Waals surface area contributed by atoms with E-state index >= 15 is 0 Å². The molecule has 0 atom stereocenters. The van der Waals surface area contributed by atoms with Crippen LogP contribution in [-0.4, -0.2) is 31.2 Å². The van der Waals surface area contributed by atoms with Gasteiger partial charge >= 0.3 is 0 Å². The minimum absolute atomic E-state index is 0.168. The maximum Gasteiger partial charge on any atom is 0.150 e. The van der Waals surface area contributed by atoms with Gasteiger partial charge in [-0.05, 0) is 19.1 Å². The van der Waals surface area contributed by atoms with Gasteiger partial charge < -0.3 is 10.1 Å². The summed E-state index contributed by atoms with van der Waals surface area (Å²) in [6, 6.07) is 5.82. The van der Waals surface area contributed by atoms with Crippen LogP contribution in [0.15, 0.2) is 18.2 Å². The van der Waals surface area contributed by atoms with Crippen LogP contribution in [-0.2, 0) is 9.84 Å². The molecule has 1 N–H and O–H groups in total. The molecule has 0 bridgehead atoms. The highest BCUT2D eigenvalue weighted by Crippen LogP contribution is 2.39. The molecule has 0 saturated carbocycles. The smallest absolute Gasteiger partial charge is 0.150 e. The van der Waals surface area contributed by atoms with Crippen molar-refractivity contribution in [1.29, 1.82) is 5.41 Å². The van der Waals surface area contributed by atoms with E-state index < -0.39 is 15.4 Å². The zero-order valence-electron chi connectivity index (χ0n) is 10.9. The van der Waals surface area contributed by atoms with Gasteiger partial charge in [-0.1, -0.05) is 11.6 Å². The second-order valence-electron chi connectivity index (χ2n) is 5.59. The normalized spacial score (nSPS) is 23.7. The summed E-state index contributed by atoms with van der Waals surface area (Å²) in [6.45, 7) is 1.99. The number of ether oxygens (including phenoxy) is 1. The lowest BCUT2D eigenvalue weighted by Crippen LogP contribution is -2.48. The molecular formula is C14H17NO3S. The van der Waals surface area contributed by atoms with Crippen LogP contribution in [0, 0.1) is 12.3 Å².